The summed E-state index contributed by atoms with van der Waals surface area (Å²) in [5.74, 6) is 1.93. The summed E-state index contributed by atoms with van der Waals surface area (Å²) in [7, 11) is 0. The molecular formula is C19H22ClN3O. The van der Waals surface area contributed by atoms with Crippen molar-refractivity contribution < 1.29 is 4.74 Å². The molecule has 2 aromatic carbocycles. The zero-order chi connectivity index (χ0) is 16.8. The van der Waals surface area contributed by atoms with E-state index in [1.165, 1.54) is 0 Å². The molecular weight excluding hydrogens is 322 g/mol. The van der Waals surface area contributed by atoms with Crippen LogP contribution in [0, 0.1) is 0 Å². The predicted octanol–water partition coefficient (Wildman–Crippen LogP) is 4.34. The van der Waals surface area contributed by atoms with Gasteiger partial charge in [-0.15, -0.1) is 0 Å². The molecule has 0 aliphatic heterocycles. The highest BCUT2D eigenvalue weighted by Gasteiger charge is 2.05. The molecule has 0 atom stereocenters. The largest absolute Gasteiger partial charge is 0.494 e. The van der Waals surface area contributed by atoms with Crippen LogP contribution in [0.2, 0.25) is 5.02 Å². The number of rotatable bonds is 8. The molecule has 0 saturated carbocycles. The van der Waals surface area contributed by atoms with Crippen LogP contribution in [0.5, 0.6) is 5.75 Å². The minimum Gasteiger partial charge on any atom is -0.494 e. The van der Waals surface area contributed by atoms with Gasteiger partial charge in [0.2, 0.25) is 0 Å². The molecule has 4 nitrogen and oxygen atoms in total. The van der Waals surface area contributed by atoms with Crippen molar-refractivity contribution in [3.8, 4) is 5.75 Å². The Labute approximate surface area is 147 Å². The summed E-state index contributed by atoms with van der Waals surface area (Å²) in [5.41, 5.74) is 3.22. The molecule has 3 rings (SSSR count). The predicted molar refractivity (Wildman–Crippen MR) is 98.7 cm³/mol. The van der Waals surface area contributed by atoms with Crippen LogP contribution in [0.3, 0.4) is 0 Å². The first-order valence-electron chi connectivity index (χ1n) is 8.32. The number of imidazole rings is 1. The fourth-order valence-corrected chi connectivity index (χ4v) is 2.91. The van der Waals surface area contributed by atoms with E-state index in [2.05, 4.69) is 21.4 Å². The zero-order valence-electron chi connectivity index (χ0n) is 13.8. The minimum atomic E-state index is 0.653. The van der Waals surface area contributed by atoms with Crippen LogP contribution < -0.4 is 10.1 Å². The highest BCUT2D eigenvalue weighted by atomic mass is 35.5. The first-order valence-corrected chi connectivity index (χ1v) is 8.69. The van der Waals surface area contributed by atoms with Crippen molar-refractivity contribution in [1.82, 2.24) is 15.3 Å². The monoisotopic (exact) mass is 343 g/mol. The van der Waals surface area contributed by atoms with Gasteiger partial charge in [-0.2, -0.15) is 0 Å². The van der Waals surface area contributed by atoms with E-state index in [1.807, 2.05) is 43.3 Å². The lowest BCUT2D eigenvalue weighted by atomic mass is 10.2. The molecule has 0 aliphatic carbocycles. The van der Waals surface area contributed by atoms with E-state index in [0.717, 1.165) is 59.1 Å². The first-order chi connectivity index (χ1) is 11.8. The van der Waals surface area contributed by atoms with Gasteiger partial charge in [-0.05, 0) is 50.2 Å². The molecule has 0 aliphatic rings. The van der Waals surface area contributed by atoms with Crippen LogP contribution in [0.4, 0.5) is 0 Å². The van der Waals surface area contributed by atoms with E-state index in [0.29, 0.717) is 6.61 Å². The number of nitrogens with zero attached hydrogens (tertiary/aromatic N) is 1. The van der Waals surface area contributed by atoms with Crippen LogP contribution in [0.15, 0.2) is 42.5 Å². The summed E-state index contributed by atoms with van der Waals surface area (Å²) in [6, 6.07) is 13.9. The highest BCUT2D eigenvalue weighted by molar-refractivity contribution is 6.30. The SMILES string of the molecule is CCOc1ccc(Cl)cc1CNCCCc1nc2ccccc2[nH]1. The average molecular weight is 344 g/mol. The van der Waals surface area contributed by atoms with Gasteiger partial charge in [0.05, 0.1) is 17.6 Å². The van der Waals surface area contributed by atoms with Gasteiger partial charge in [0.15, 0.2) is 0 Å². The maximum Gasteiger partial charge on any atom is 0.123 e. The van der Waals surface area contributed by atoms with E-state index in [1.54, 1.807) is 0 Å². The number of halogens is 1. The Morgan fingerprint density at radius 2 is 2.08 bits per heavy atom. The molecule has 0 radical (unpaired) electrons. The van der Waals surface area contributed by atoms with Gasteiger partial charge in [0, 0.05) is 23.6 Å². The van der Waals surface area contributed by atoms with Gasteiger partial charge in [0.1, 0.15) is 11.6 Å². The number of hydrogen-bond acceptors (Lipinski definition) is 3. The second-order valence-corrected chi connectivity index (χ2v) is 6.10. The molecule has 0 fully saturated rings. The first kappa shape index (κ1) is 16.8. The lowest BCUT2D eigenvalue weighted by Gasteiger charge is -2.11. The number of ether oxygens (including phenoxy) is 1. The lowest BCUT2D eigenvalue weighted by molar-refractivity contribution is 0.335. The quantitative estimate of drug-likeness (QED) is 0.598. The van der Waals surface area contributed by atoms with Gasteiger partial charge in [-0.1, -0.05) is 23.7 Å². The lowest BCUT2D eigenvalue weighted by Crippen LogP contribution is -2.16. The number of nitrogens with one attached hydrogen (secondary N) is 2. The molecule has 0 bridgehead atoms. The number of fused-ring (bicyclic) bond motifs is 1. The Balaban J connectivity index is 1.48. The van der Waals surface area contributed by atoms with Crippen LogP contribution in [-0.2, 0) is 13.0 Å². The molecule has 126 valence electrons. The fraction of sp³-hybridized carbons (Fsp3) is 0.316. The van der Waals surface area contributed by atoms with Crippen LogP contribution in [0.25, 0.3) is 11.0 Å². The third kappa shape index (κ3) is 4.28. The Morgan fingerprint density at radius 1 is 1.21 bits per heavy atom. The molecule has 1 heterocycles. The number of aromatic nitrogens is 2. The standard InChI is InChI=1S/C19H22ClN3O/c1-2-24-18-10-9-15(20)12-14(18)13-21-11-5-8-19-22-16-6-3-4-7-17(16)23-19/h3-4,6-7,9-10,12,21H,2,5,8,11,13H2,1H3,(H,22,23). The number of para-hydroxylation sites is 2. The average Bonchev–Trinajstić information content (AvgIpc) is 2.99. The normalized spacial score (nSPS) is 11.1. The van der Waals surface area contributed by atoms with Crippen molar-refractivity contribution in [2.24, 2.45) is 0 Å². The molecule has 5 heteroatoms. The topological polar surface area (TPSA) is 49.9 Å². The van der Waals surface area contributed by atoms with E-state index in [-0.39, 0.29) is 0 Å². The van der Waals surface area contributed by atoms with Gasteiger partial charge in [0.25, 0.3) is 0 Å². The van der Waals surface area contributed by atoms with Crippen molar-refractivity contribution in [3.05, 3.63) is 58.9 Å². The summed E-state index contributed by atoms with van der Waals surface area (Å²) in [5, 5.41) is 4.19. The van der Waals surface area contributed by atoms with E-state index >= 15 is 0 Å². The van der Waals surface area contributed by atoms with Gasteiger partial charge < -0.3 is 15.0 Å². The van der Waals surface area contributed by atoms with Crippen molar-refractivity contribution in [2.75, 3.05) is 13.2 Å². The van der Waals surface area contributed by atoms with Crippen molar-refractivity contribution in [1.29, 1.82) is 0 Å². The molecule has 0 unspecified atom stereocenters. The van der Waals surface area contributed by atoms with E-state index in [9.17, 15) is 0 Å². The highest BCUT2D eigenvalue weighted by Crippen LogP contribution is 2.22. The summed E-state index contributed by atoms with van der Waals surface area (Å²) >= 11 is 6.08. The second kappa shape index (κ2) is 8.18. The van der Waals surface area contributed by atoms with Crippen molar-refractivity contribution >= 4 is 22.6 Å². The Bertz CT molecular complexity index is 767. The van der Waals surface area contributed by atoms with Gasteiger partial charge >= 0.3 is 0 Å². The molecule has 3 aromatic rings. The zero-order valence-corrected chi connectivity index (χ0v) is 14.6. The second-order valence-electron chi connectivity index (χ2n) is 5.67. The number of aromatic amines is 1. The van der Waals surface area contributed by atoms with Crippen molar-refractivity contribution in [2.45, 2.75) is 26.3 Å². The molecule has 24 heavy (non-hydrogen) atoms. The molecule has 1 aromatic heterocycles. The fourth-order valence-electron chi connectivity index (χ4n) is 2.71. The summed E-state index contributed by atoms with van der Waals surface area (Å²) in [6.45, 7) is 4.30. The van der Waals surface area contributed by atoms with Crippen LogP contribution >= 0.6 is 11.6 Å². The number of benzene rings is 2. The number of H-pyrrole nitrogens is 1. The maximum absolute atomic E-state index is 6.08. The summed E-state index contributed by atoms with van der Waals surface area (Å²) in [4.78, 5) is 7.96. The van der Waals surface area contributed by atoms with Gasteiger partial charge in [-0.3, -0.25) is 0 Å². The third-order valence-corrected chi connectivity index (χ3v) is 4.08. The molecule has 0 saturated heterocycles. The smallest absolute Gasteiger partial charge is 0.123 e. The van der Waals surface area contributed by atoms with Gasteiger partial charge in [-0.25, -0.2) is 4.98 Å². The maximum atomic E-state index is 6.08. The van der Waals surface area contributed by atoms with Crippen LogP contribution in [-0.4, -0.2) is 23.1 Å². The van der Waals surface area contributed by atoms with E-state index < -0.39 is 0 Å². The Morgan fingerprint density at radius 3 is 2.92 bits per heavy atom. The van der Waals surface area contributed by atoms with E-state index in [4.69, 9.17) is 16.3 Å². The molecule has 2 N–H and O–H groups in total. The van der Waals surface area contributed by atoms with Crippen LogP contribution in [0.1, 0.15) is 24.7 Å². The molecule has 0 spiro atoms. The third-order valence-electron chi connectivity index (χ3n) is 3.84. The summed E-state index contributed by atoms with van der Waals surface area (Å²) in [6.07, 6.45) is 1.94. The minimum absolute atomic E-state index is 0.653. The Kier molecular flexibility index (Phi) is 5.72. The molecule has 0 amide bonds. The van der Waals surface area contributed by atoms with Crippen molar-refractivity contribution in [3.63, 3.8) is 0 Å². The number of aryl methyl sites for hydroxylation is 1. The Hall–Kier alpha value is -2.04. The number of hydrogen-bond donors (Lipinski definition) is 2. The summed E-state index contributed by atoms with van der Waals surface area (Å²) < 4.78 is 5.64.